The normalized spacial score (nSPS) is 13.3. The van der Waals surface area contributed by atoms with Crippen LogP contribution in [0.15, 0.2) is 59.7 Å². The van der Waals surface area contributed by atoms with Crippen LogP contribution in [0.25, 0.3) is 10.8 Å². The van der Waals surface area contributed by atoms with E-state index in [0.29, 0.717) is 5.39 Å². The Bertz CT molecular complexity index is 1210. The van der Waals surface area contributed by atoms with E-state index in [4.69, 9.17) is 0 Å². The number of rotatable bonds is 6. The van der Waals surface area contributed by atoms with Crippen molar-refractivity contribution in [1.82, 2.24) is 5.01 Å². The second-order valence-electron chi connectivity index (χ2n) is 7.05. The van der Waals surface area contributed by atoms with Gasteiger partial charge in [0.2, 0.25) is 0 Å². The molecule has 2 amide bonds. The van der Waals surface area contributed by atoms with Crippen molar-refractivity contribution in [2.75, 3.05) is 18.0 Å². The lowest BCUT2D eigenvalue weighted by Gasteiger charge is -2.23. The molecular formula is C23H20N4O4. The summed E-state index contributed by atoms with van der Waals surface area (Å²) in [5.74, 6) is -1.22. The molecule has 0 saturated heterocycles. The molecule has 0 N–H and O–H groups in total. The monoisotopic (exact) mass is 416 g/mol. The fraction of sp³-hybridized carbons (Fsp3) is 0.174. The molecule has 3 aromatic carbocycles. The van der Waals surface area contributed by atoms with Gasteiger partial charge in [-0.2, -0.15) is 10.1 Å². The molecular weight excluding hydrogens is 396 g/mol. The van der Waals surface area contributed by atoms with Crippen molar-refractivity contribution in [3.05, 3.63) is 81.4 Å². The molecule has 1 heterocycles. The summed E-state index contributed by atoms with van der Waals surface area (Å²) in [5, 5.41) is 16.8. The second kappa shape index (κ2) is 7.98. The van der Waals surface area contributed by atoms with Crippen LogP contribution in [-0.4, -0.2) is 41.1 Å². The molecule has 1 aliphatic rings. The lowest BCUT2D eigenvalue weighted by molar-refractivity contribution is -0.383. The van der Waals surface area contributed by atoms with E-state index < -0.39 is 16.7 Å². The van der Waals surface area contributed by atoms with Crippen LogP contribution in [0.4, 0.5) is 11.4 Å². The zero-order chi connectivity index (χ0) is 22.1. The van der Waals surface area contributed by atoms with Crippen molar-refractivity contribution in [1.29, 1.82) is 0 Å². The minimum Gasteiger partial charge on any atom is -0.372 e. The van der Waals surface area contributed by atoms with Crippen LogP contribution < -0.4 is 4.90 Å². The summed E-state index contributed by atoms with van der Waals surface area (Å²) in [4.78, 5) is 38.9. The topological polar surface area (TPSA) is 96.1 Å². The van der Waals surface area contributed by atoms with Crippen LogP contribution in [0, 0.1) is 10.1 Å². The maximum Gasteiger partial charge on any atom is 0.282 e. The Kier molecular flexibility index (Phi) is 5.21. The van der Waals surface area contributed by atoms with Gasteiger partial charge in [0.15, 0.2) is 0 Å². The first-order valence-corrected chi connectivity index (χ1v) is 9.94. The smallest absolute Gasteiger partial charge is 0.282 e. The molecule has 8 nitrogen and oxygen atoms in total. The highest BCUT2D eigenvalue weighted by Crippen LogP contribution is 2.35. The van der Waals surface area contributed by atoms with Crippen LogP contribution in [0.1, 0.15) is 40.1 Å². The first kappa shape index (κ1) is 20.2. The molecule has 3 aromatic rings. The number of hydrazone groups is 1. The lowest BCUT2D eigenvalue weighted by Crippen LogP contribution is -2.36. The summed E-state index contributed by atoms with van der Waals surface area (Å²) in [6, 6.07) is 15.0. The van der Waals surface area contributed by atoms with E-state index in [1.165, 1.54) is 24.4 Å². The number of nitro benzene ring substituents is 1. The minimum absolute atomic E-state index is 0.147. The summed E-state index contributed by atoms with van der Waals surface area (Å²) in [6.07, 6.45) is 1.46. The Balaban J connectivity index is 1.68. The van der Waals surface area contributed by atoms with E-state index in [2.05, 4.69) is 23.8 Å². The molecule has 0 unspecified atom stereocenters. The number of hydrogen-bond acceptors (Lipinski definition) is 6. The molecule has 0 atom stereocenters. The maximum absolute atomic E-state index is 13.0. The molecule has 0 aromatic heterocycles. The van der Waals surface area contributed by atoms with Gasteiger partial charge in [-0.25, -0.2) is 0 Å². The van der Waals surface area contributed by atoms with E-state index in [1.807, 2.05) is 24.3 Å². The molecule has 0 saturated carbocycles. The van der Waals surface area contributed by atoms with E-state index in [-0.39, 0.29) is 22.2 Å². The fourth-order valence-electron chi connectivity index (χ4n) is 3.82. The fourth-order valence-corrected chi connectivity index (χ4v) is 3.82. The van der Waals surface area contributed by atoms with E-state index in [9.17, 15) is 19.7 Å². The number of nitro groups is 1. The maximum atomic E-state index is 13.0. The molecule has 1 aliphatic heterocycles. The third-order valence-electron chi connectivity index (χ3n) is 5.40. The van der Waals surface area contributed by atoms with Gasteiger partial charge in [0, 0.05) is 30.2 Å². The predicted molar refractivity (Wildman–Crippen MR) is 119 cm³/mol. The number of carbonyl (C=O) groups excluding carboxylic acids is 2. The van der Waals surface area contributed by atoms with Gasteiger partial charge in [0.25, 0.3) is 17.5 Å². The first-order valence-electron chi connectivity index (χ1n) is 9.94. The van der Waals surface area contributed by atoms with Gasteiger partial charge in [-0.05, 0) is 49.7 Å². The van der Waals surface area contributed by atoms with Crippen LogP contribution in [0.5, 0.6) is 0 Å². The number of nitrogens with zero attached hydrogens (tertiary/aromatic N) is 4. The molecule has 4 rings (SSSR count). The average molecular weight is 416 g/mol. The SMILES string of the molecule is CCN(CC)c1ccc(C=NN2C(=O)c3cccc4c([N+](=O)[O-])ccc(c34)C2=O)cc1. The Morgan fingerprint density at radius 3 is 2.23 bits per heavy atom. The van der Waals surface area contributed by atoms with E-state index in [0.717, 1.165) is 29.3 Å². The molecule has 0 bridgehead atoms. The lowest BCUT2D eigenvalue weighted by atomic mass is 9.94. The summed E-state index contributed by atoms with van der Waals surface area (Å²) in [7, 11) is 0. The Hall–Kier alpha value is -4.07. The highest BCUT2D eigenvalue weighted by molar-refractivity contribution is 6.26. The third-order valence-corrected chi connectivity index (χ3v) is 5.40. The molecule has 0 aliphatic carbocycles. The van der Waals surface area contributed by atoms with Crippen molar-refractivity contribution in [2.24, 2.45) is 5.10 Å². The van der Waals surface area contributed by atoms with Crippen LogP contribution in [-0.2, 0) is 0 Å². The van der Waals surface area contributed by atoms with Gasteiger partial charge in [-0.15, -0.1) is 0 Å². The van der Waals surface area contributed by atoms with Crippen molar-refractivity contribution >= 4 is 40.2 Å². The molecule has 0 fully saturated rings. The number of carbonyl (C=O) groups is 2. The molecule has 0 radical (unpaired) electrons. The summed E-state index contributed by atoms with van der Waals surface area (Å²) < 4.78 is 0. The number of benzene rings is 3. The van der Waals surface area contributed by atoms with E-state index >= 15 is 0 Å². The summed E-state index contributed by atoms with van der Waals surface area (Å²) in [5.41, 5.74) is 2.10. The Morgan fingerprint density at radius 2 is 1.61 bits per heavy atom. The zero-order valence-corrected chi connectivity index (χ0v) is 17.1. The summed E-state index contributed by atoms with van der Waals surface area (Å²) >= 11 is 0. The molecule has 156 valence electrons. The van der Waals surface area contributed by atoms with Crippen molar-refractivity contribution in [3.8, 4) is 0 Å². The minimum atomic E-state index is -0.611. The van der Waals surface area contributed by atoms with Gasteiger partial charge < -0.3 is 4.90 Å². The average Bonchev–Trinajstić information content (AvgIpc) is 2.78. The van der Waals surface area contributed by atoms with Gasteiger partial charge in [-0.1, -0.05) is 18.2 Å². The van der Waals surface area contributed by atoms with Gasteiger partial charge in [0.1, 0.15) is 0 Å². The highest BCUT2D eigenvalue weighted by Gasteiger charge is 2.34. The largest absolute Gasteiger partial charge is 0.372 e. The number of anilines is 1. The molecule has 8 heteroatoms. The van der Waals surface area contributed by atoms with Gasteiger partial charge in [0.05, 0.1) is 27.7 Å². The van der Waals surface area contributed by atoms with Gasteiger partial charge in [-0.3, -0.25) is 19.7 Å². The van der Waals surface area contributed by atoms with Crippen molar-refractivity contribution in [3.63, 3.8) is 0 Å². The van der Waals surface area contributed by atoms with Gasteiger partial charge >= 0.3 is 0 Å². The Labute approximate surface area is 178 Å². The number of hydrogen-bond donors (Lipinski definition) is 0. The number of imide groups is 1. The Morgan fingerprint density at radius 1 is 0.968 bits per heavy atom. The summed E-state index contributed by atoms with van der Waals surface area (Å²) in [6.45, 7) is 5.95. The number of non-ortho nitro benzene ring substituents is 1. The predicted octanol–water partition coefficient (Wildman–Crippen LogP) is 4.22. The first-order chi connectivity index (χ1) is 15.0. The molecule has 0 spiro atoms. The van der Waals surface area contributed by atoms with Crippen molar-refractivity contribution in [2.45, 2.75) is 13.8 Å². The van der Waals surface area contributed by atoms with Crippen LogP contribution in [0.3, 0.4) is 0 Å². The van der Waals surface area contributed by atoms with Crippen LogP contribution >= 0.6 is 0 Å². The van der Waals surface area contributed by atoms with Crippen LogP contribution in [0.2, 0.25) is 0 Å². The number of amides is 2. The van der Waals surface area contributed by atoms with E-state index in [1.54, 1.807) is 12.1 Å². The quantitative estimate of drug-likeness (QED) is 0.259. The highest BCUT2D eigenvalue weighted by atomic mass is 16.6. The zero-order valence-electron chi connectivity index (χ0n) is 17.1. The van der Waals surface area contributed by atoms with Crippen molar-refractivity contribution < 1.29 is 14.5 Å². The second-order valence-corrected chi connectivity index (χ2v) is 7.05. The third kappa shape index (κ3) is 3.42. The standard InChI is InChI=1S/C23H20N4O4/c1-3-25(4-2)16-10-8-15(9-11-16)14-24-26-22(28)18-7-5-6-17-20(27(30)31)13-12-19(21(17)18)23(26)29/h5-14H,3-4H2,1-2H3. The molecule has 31 heavy (non-hydrogen) atoms.